The molecule has 1 aromatic carbocycles. The highest BCUT2D eigenvalue weighted by molar-refractivity contribution is 6.31. The van der Waals surface area contributed by atoms with Gasteiger partial charge in [-0.2, -0.15) is 18.2 Å². The van der Waals surface area contributed by atoms with E-state index >= 15 is 0 Å². The summed E-state index contributed by atoms with van der Waals surface area (Å²) in [7, 11) is 0. The maximum absolute atomic E-state index is 13.6. The Morgan fingerprint density at radius 2 is 1.65 bits per heavy atom. The van der Waals surface area contributed by atoms with Crippen LogP contribution in [0.25, 0.3) is 10.9 Å². The molecule has 0 unspecified atom stereocenters. The van der Waals surface area contributed by atoms with Gasteiger partial charge in [0.1, 0.15) is 5.82 Å². The number of pyridine rings is 1. The Bertz CT molecular complexity index is 1160. The Hall–Kier alpha value is -2.81. The van der Waals surface area contributed by atoms with Crippen LogP contribution in [0.4, 0.5) is 30.6 Å². The lowest BCUT2D eigenvalue weighted by Gasteiger charge is -2.37. The van der Waals surface area contributed by atoms with Crippen molar-refractivity contribution >= 4 is 40.0 Å². The van der Waals surface area contributed by atoms with E-state index in [1.165, 1.54) is 0 Å². The van der Waals surface area contributed by atoms with Crippen LogP contribution in [0.1, 0.15) is 37.8 Å². The molecule has 0 amide bonds. The summed E-state index contributed by atoms with van der Waals surface area (Å²) >= 11 is 6.11. The summed E-state index contributed by atoms with van der Waals surface area (Å²) in [6, 6.07) is 8.77. The first-order chi connectivity index (χ1) is 16.4. The van der Waals surface area contributed by atoms with E-state index < -0.39 is 11.9 Å². The summed E-state index contributed by atoms with van der Waals surface area (Å²) in [5.41, 5.74) is 0.950. The van der Waals surface area contributed by atoms with Gasteiger partial charge in [0.05, 0.1) is 5.52 Å². The summed E-state index contributed by atoms with van der Waals surface area (Å²) in [6.07, 6.45) is 2.39. The molecule has 34 heavy (non-hydrogen) atoms. The standard InChI is InChI=1S/C24H26ClF3N6/c25-16-6-7-18-19(14-16)29-9-8-20(18)33-10-12-34(13-11-33)22-15-21(24(26,27)28)31-23(32-22)30-17-4-2-1-3-5-17/h6-9,14-15,17H,1-5,10-13H2,(H,30,31,32). The van der Waals surface area contributed by atoms with Crippen LogP contribution in [0.3, 0.4) is 0 Å². The predicted molar refractivity (Wildman–Crippen MR) is 129 cm³/mol. The van der Waals surface area contributed by atoms with Crippen molar-refractivity contribution in [3.8, 4) is 0 Å². The maximum atomic E-state index is 13.6. The van der Waals surface area contributed by atoms with E-state index in [1.54, 1.807) is 6.20 Å². The molecule has 6 nitrogen and oxygen atoms in total. The lowest BCUT2D eigenvalue weighted by Crippen LogP contribution is -2.47. The van der Waals surface area contributed by atoms with E-state index in [4.69, 9.17) is 11.6 Å². The lowest BCUT2D eigenvalue weighted by atomic mass is 9.96. The van der Waals surface area contributed by atoms with Crippen LogP contribution in [0.5, 0.6) is 0 Å². The van der Waals surface area contributed by atoms with Gasteiger partial charge in [0.25, 0.3) is 0 Å². The van der Waals surface area contributed by atoms with Crippen molar-refractivity contribution in [2.45, 2.75) is 44.3 Å². The number of fused-ring (bicyclic) bond motifs is 1. The summed E-state index contributed by atoms with van der Waals surface area (Å²) < 4.78 is 40.8. The van der Waals surface area contributed by atoms with Crippen LogP contribution in [-0.2, 0) is 6.18 Å². The number of rotatable bonds is 4. The van der Waals surface area contributed by atoms with Gasteiger partial charge >= 0.3 is 6.18 Å². The number of anilines is 3. The zero-order valence-corrected chi connectivity index (χ0v) is 19.4. The van der Waals surface area contributed by atoms with Crippen molar-refractivity contribution in [2.75, 3.05) is 41.3 Å². The molecule has 0 bridgehead atoms. The first-order valence-electron chi connectivity index (χ1n) is 11.6. The van der Waals surface area contributed by atoms with Crippen LogP contribution in [-0.4, -0.2) is 47.2 Å². The molecule has 0 spiro atoms. The monoisotopic (exact) mass is 490 g/mol. The SMILES string of the molecule is FC(F)(F)c1cc(N2CCN(c3ccnc4cc(Cl)ccc34)CC2)nc(NC2CCCCC2)n1. The number of aromatic nitrogens is 3. The van der Waals surface area contributed by atoms with Gasteiger partial charge in [-0.1, -0.05) is 30.9 Å². The van der Waals surface area contributed by atoms with E-state index in [0.29, 0.717) is 37.0 Å². The first-order valence-corrected chi connectivity index (χ1v) is 12.0. The molecule has 3 aromatic rings. The van der Waals surface area contributed by atoms with Gasteiger partial charge in [0.2, 0.25) is 5.95 Å². The van der Waals surface area contributed by atoms with Gasteiger partial charge in [0.15, 0.2) is 5.69 Å². The Labute approximate surface area is 201 Å². The second-order valence-electron chi connectivity index (χ2n) is 8.88. The molecule has 10 heteroatoms. The number of hydrogen-bond donors (Lipinski definition) is 1. The van der Waals surface area contributed by atoms with Crippen molar-refractivity contribution in [2.24, 2.45) is 0 Å². The van der Waals surface area contributed by atoms with Crippen LogP contribution in [0.2, 0.25) is 5.02 Å². The Kier molecular flexibility index (Phi) is 6.38. The smallest absolute Gasteiger partial charge is 0.367 e. The molecule has 0 radical (unpaired) electrons. The second-order valence-corrected chi connectivity index (χ2v) is 9.31. The fourth-order valence-electron chi connectivity index (χ4n) is 4.79. The van der Waals surface area contributed by atoms with Crippen LogP contribution < -0.4 is 15.1 Å². The average Bonchev–Trinajstić information content (AvgIpc) is 2.83. The molecule has 2 aromatic heterocycles. The molecule has 1 saturated carbocycles. The molecule has 1 N–H and O–H groups in total. The van der Waals surface area contributed by atoms with Gasteiger partial charge < -0.3 is 15.1 Å². The minimum absolute atomic E-state index is 0.0659. The minimum atomic E-state index is -4.53. The second kappa shape index (κ2) is 9.44. The fourth-order valence-corrected chi connectivity index (χ4v) is 4.96. The van der Waals surface area contributed by atoms with Gasteiger partial charge in [-0.3, -0.25) is 4.98 Å². The number of hydrogen-bond acceptors (Lipinski definition) is 6. The van der Waals surface area contributed by atoms with Gasteiger partial charge in [-0.05, 0) is 37.1 Å². The van der Waals surface area contributed by atoms with Crippen LogP contribution >= 0.6 is 11.6 Å². The molecule has 3 heterocycles. The molecule has 1 aliphatic heterocycles. The van der Waals surface area contributed by atoms with E-state index in [1.807, 2.05) is 29.2 Å². The molecule has 2 fully saturated rings. The molecule has 0 atom stereocenters. The zero-order chi connectivity index (χ0) is 23.7. The quantitative estimate of drug-likeness (QED) is 0.501. The molecule has 1 saturated heterocycles. The van der Waals surface area contributed by atoms with Crippen molar-refractivity contribution < 1.29 is 13.2 Å². The molecule has 5 rings (SSSR count). The van der Waals surface area contributed by atoms with Gasteiger partial charge in [-0.25, -0.2) is 4.98 Å². The highest BCUT2D eigenvalue weighted by atomic mass is 35.5. The summed E-state index contributed by atoms with van der Waals surface area (Å²) in [5.74, 6) is 0.378. The number of benzene rings is 1. The predicted octanol–water partition coefficient (Wildman–Crippen LogP) is 5.77. The van der Waals surface area contributed by atoms with E-state index in [-0.39, 0.29) is 12.0 Å². The molecule has 2 aliphatic rings. The summed E-state index contributed by atoms with van der Waals surface area (Å²) in [5, 5.41) is 4.78. The third kappa shape index (κ3) is 4.99. The van der Waals surface area contributed by atoms with Crippen molar-refractivity contribution in [1.29, 1.82) is 0 Å². The van der Waals surface area contributed by atoms with Crippen molar-refractivity contribution in [1.82, 2.24) is 15.0 Å². The minimum Gasteiger partial charge on any atom is -0.367 e. The third-order valence-electron chi connectivity index (χ3n) is 6.57. The molecule has 180 valence electrons. The van der Waals surface area contributed by atoms with Crippen LogP contribution in [0, 0.1) is 0 Å². The fraction of sp³-hybridized carbons (Fsp3) is 0.458. The summed E-state index contributed by atoms with van der Waals surface area (Å²) in [6.45, 7) is 2.40. The summed E-state index contributed by atoms with van der Waals surface area (Å²) in [4.78, 5) is 16.8. The number of nitrogens with zero attached hydrogens (tertiary/aromatic N) is 5. The molecule has 1 aliphatic carbocycles. The van der Waals surface area contributed by atoms with Crippen molar-refractivity contribution in [3.05, 3.63) is 47.2 Å². The topological polar surface area (TPSA) is 57.2 Å². The maximum Gasteiger partial charge on any atom is 0.433 e. The van der Waals surface area contributed by atoms with Crippen LogP contribution in [0.15, 0.2) is 36.5 Å². The van der Waals surface area contributed by atoms with Gasteiger partial charge in [-0.15, -0.1) is 0 Å². The van der Waals surface area contributed by atoms with E-state index in [2.05, 4.69) is 25.2 Å². The Morgan fingerprint density at radius 3 is 2.38 bits per heavy atom. The normalized spacial score (nSPS) is 17.9. The van der Waals surface area contributed by atoms with Crippen molar-refractivity contribution in [3.63, 3.8) is 0 Å². The zero-order valence-electron chi connectivity index (χ0n) is 18.7. The molecular weight excluding hydrogens is 465 g/mol. The third-order valence-corrected chi connectivity index (χ3v) is 6.80. The number of nitrogens with one attached hydrogen (secondary N) is 1. The number of piperazine rings is 1. The highest BCUT2D eigenvalue weighted by Gasteiger charge is 2.35. The van der Waals surface area contributed by atoms with Gasteiger partial charge in [0, 0.05) is 60.6 Å². The Balaban J connectivity index is 1.35. The highest BCUT2D eigenvalue weighted by Crippen LogP contribution is 2.33. The molecular formula is C24H26ClF3N6. The largest absolute Gasteiger partial charge is 0.433 e. The number of alkyl halides is 3. The van der Waals surface area contributed by atoms with E-state index in [0.717, 1.165) is 54.8 Å². The lowest BCUT2D eigenvalue weighted by molar-refractivity contribution is -0.141. The average molecular weight is 491 g/mol. The Morgan fingerprint density at radius 1 is 0.912 bits per heavy atom. The number of halogens is 4. The van der Waals surface area contributed by atoms with E-state index in [9.17, 15) is 13.2 Å². The first kappa shape index (κ1) is 23.0.